The van der Waals surface area contributed by atoms with Crippen LogP contribution in [-0.4, -0.2) is 7.11 Å². The Kier molecular flexibility index (Phi) is 4.24. The molecule has 1 N–H and O–H groups in total. The van der Waals surface area contributed by atoms with Crippen LogP contribution in [0.2, 0.25) is 0 Å². The lowest BCUT2D eigenvalue weighted by Crippen LogP contribution is -1.98. The molecule has 0 aliphatic rings. The maximum atomic E-state index is 13.2. The standard InChI is InChI=1S/C13H13BrFNOS/c1-8-11(14)6-10(18-8)7-16-9-3-4-12(15)13(5-9)17-2/h3-6,16H,7H2,1-2H3. The van der Waals surface area contributed by atoms with Crippen LogP contribution in [0, 0.1) is 12.7 Å². The van der Waals surface area contributed by atoms with Gasteiger partial charge in [0.1, 0.15) is 0 Å². The molecule has 0 unspecified atom stereocenters. The number of aryl methyl sites for hydroxylation is 1. The molecule has 0 aliphatic heterocycles. The van der Waals surface area contributed by atoms with Crippen LogP contribution < -0.4 is 10.1 Å². The second kappa shape index (κ2) is 5.71. The van der Waals surface area contributed by atoms with E-state index >= 15 is 0 Å². The van der Waals surface area contributed by atoms with Crippen molar-refractivity contribution in [2.45, 2.75) is 13.5 Å². The van der Waals surface area contributed by atoms with Gasteiger partial charge in [-0.2, -0.15) is 0 Å². The summed E-state index contributed by atoms with van der Waals surface area (Å²) in [6.07, 6.45) is 0. The highest BCUT2D eigenvalue weighted by atomic mass is 79.9. The van der Waals surface area contributed by atoms with Crippen LogP contribution in [0.15, 0.2) is 28.7 Å². The van der Waals surface area contributed by atoms with Gasteiger partial charge in [0.05, 0.1) is 7.11 Å². The smallest absolute Gasteiger partial charge is 0.165 e. The summed E-state index contributed by atoms with van der Waals surface area (Å²) < 4.78 is 19.3. The number of hydrogen-bond acceptors (Lipinski definition) is 3. The molecule has 96 valence electrons. The average Bonchev–Trinajstić information content (AvgIpc) is 2.68. The first-order valence-corrected chi connectivity index (χ1v) is 7.03. The summed E-state index contributed by atoms with van der Waals surface area (Å²) in [5, 5.41) is 3.25. The molecule has 0 amide bonds. The fourth-order valence-electron chi connectivity index (χ4n) is 1.56. The molecule has 0 atom stereocenters. The summed E-state index contributed by atoms with van der Waals surface area (Å²) in [5.41, 5.74) is 0.843. The molecule has 1 heterocycles. The van der Waals surface area contributed by atoms with Crippen LogP contribution in [-0.2, 0) is 6.54 Å². The van der Waals surface area contributed by atoms with Gasteiger partial charge in [-0.25, -0.2) is 4.39 Å². The Morgan fingerprint density at radius 2 is 2.17 bits per heavy atom. The Labute approximate surface area is 118 Å². The van der Waals surface area contributed by atoms with Gasteiger partial charge in [-0.15, -0.1) is 11.3 Å². The van der Waals surface area contributed by atoms with Crippen LogP contribution in [0.1, 0.15) is 9.75 Å². The largest absolute Gasteiger partial charge is 0.494 e. The molecule has 0 saturated carbocycles. The number of rotatable bonds is 4. The molecule has 2 nitrogen and oxygen atoms in total. The number of halogens is 2. The fourth-order valence-corrected chi connectivity index (χ4v) is 3.11. The predicted molar refractivity (Wildman–Crippen MR) is 77.0 cm³/mol. The first-order valence-electron chi connectivity index (χ1n) is 5.42. The number of thiophene rings is 1. The molecule has 18 heavy (non-hydrogen) atoms. The van der Waals surface area contributed by atoms with Gasteiger partial charge in [0.15, 0.2) is 11.6 Å². The number of nitrogens with one attached hydrogen (secondary N) is 1. The number of benzene rings is 1. The zero-order chi connectivity index (χ0) is 13.1. The van der Waals surface area contributed by atoms with Gasteiger partial charge in [-0.1, -0.05) is 0 Å². The molecule has 0 radical (unpaired) electrons. The van der Waals surface area contributed by atoms with Crippen molar-refractivity contribution >= 4 is 33.0 Å². The van der Waals surface area contributed by atoms with Gasteiger partial charge in [-0.05, 0) is 41.1 Å². The van der Waals surface area contributed by atoms with Gasteiger partial charge in [0.25, 0.3) is 0 Å². The van der Waals surface area contributed by atoms with E-state index in [0.717, 1.165) is 10.2 Å². The summed E-state index contributed by atoms with van der Waals surface area (Å²) >= 11 is 5.22. The van der Waals surface area contributed by atoms with Gasteiger partial charge >= 0.3 is 0 Å². The van der Waals surface area contributed by atoms with Crippen molar-refractivity contribution < 1.29 is 9.13 Å². The van der Waals surface area contributed by atoms with E-state index in [0.29, 0.717) is 6.54 Å². The summed E-state index contributed by atoms with van der Waals surface area (Å²) in [5.74, 6) is -0.0960. The van der Waals surface area contributed by atoms with Crippen molar-refractivity contribution in [3.05, 3.63) is 44.3 Å². The Balaban J connectivity index is 2.06. The van der Waals surface area contributed by atoms with Crippen LogP contribution in [0.3, 0.4) is 0 Å². The minimum atomic E-state index is -0.349. The average molecular weight is 330 g/mol. The SMILES string of the molecule is COc1cc(NCc2cc(Br)c(C)s2)ccc1F. The Bertz CT molecular complexity index is 536. The molecule has 2 rings (SSSR count). The minimum absolute atomic E-state index is 0.253. The summed E-state index contributed by atoms with van der Waals surface area (Å²) in [7, 11) is 1.46. The highest BCUT2D eigenvalue weighted by molar-refractivity contribution is 9.10. The van der Waals surface area contributed by atoms with E-state index in [9.17, 15) is 4.39 Å². The molecular formula is C13H13BrFNOS. The van der Waals surface area contributed by atoms with Crippen molar-refractivity contribution in [2.75, 3.05) is 12.4 Å². The molecule has 5 heteroatoms. The third kappa shape index (κ3) is 3.03. The van der Waals surface area contributed by atoms with Gasteiger partial charge in [0.2, 0.25) is 0 Å². The number of ether oxygens (including phenoxy) is 1. The third-order valence-electron chi connectivity index (χ3n) is 2.53. The quantitative estimate of drug-likeness (QED) is 0.886. The first kappa shape index (κ1) is 13.4. The van der Waals surface area contributed by atoms with Crippen molar-refractivity contribution in [3.63, 3.8) is 0 Å². The molecular weight excluding hydrogens is 317 g/mol. The molecule has 0 bridgehead atoms. The third-order valence-corrected chi connectivity index (χ3v) is 4.66. The van der Waals surface area contributed by atoms with E-state index in [-0.39, 0.29) is 11.6 Å². The Hall–Kier alpha value is -1.07. The molecule has 0 aliphatic carbocycles. The number of methoxy groups -OCH3 is 1. The van der Waals surface area contributed by atoms with E-state index in [1.165, 1.54) is 22.9 Å². The maximum absolute atomic E-state index is 13.2. The Morgan fingerprint density at radius 3 is 2.78 bits per heavy atom. The van der Waals surface area contributed by atoms with Gasteiger partial charge < -0.3 is 10.1 Å². The Morgan fingerprint density at radius 1 is 1.39 bits per heavy atom. The summed E-state index contributed by atoms with van der Waals surface area (Å²) in [6.45, 7) is 2.78. The van der Waals surface area contributed by atoms with Crippen LogP contribution in [0.4, 0.5) is 10.1 Å². The minimum Gasteiger partial charge on any atom is -0.494 e. The highest BCUT2D eigenvalue weighted by Crippen LogP contribution is 2.27. The van der Waals surface area contributed by atoms with E-state index in [1.807, 2.05) is 0 Å². The predicted octanol–water partition coefficient (Wildman–Crippen LogP) is 4.58. The lowest BCUT2D eigenvalue weighted by Gasteiger charge is -2.07. The lowest BCUT2D eigenvalue weighted by atomic mass is 10.3. The topological polar surface area (TPSA) is 21.3 Å². The zero-order valence-corrected chi connectivity index (χ0v) is 12.5. The number of hydrogen-bond donors (Lipinski definition) is 1. The lowest BCUT2D eigenvalue weighted by molar-refractivity contribution is 0.387. The van der Waals surface area contributed by atoms with Crippen LogP contribution in [0.5, 0.6) is 5.75 Å². The van der Waals surface area contributed by atoms with E-state index < -0.39 is 0 Å². The first-order chi connectivity index (χ1) is 8.60. The van der Waals surface area contributed by atoms with Crippen molar-refractivity contribution in [2.24, 2.45) is 0 Å². The van der Waals surface area contributed by atoms with E-state index in [2.05, 4.69) is 34.2 Å². The van der Waals surface area contributed by atoms with Gasteiger partial charge in [-0.3, -0.25) is 0 Å². The fraction of sp³-hybridized carbons (Fsp3) is 0.231. The maximum Gasteiger partial charge on any atom is 0.165 e. The van der Waals surface area contributed by atoms with Crippen molar-refractivity contribution in [3.8, 4) is 5.75 Å². The zero-order valence-electron chi connectivity index (χ0n) is 10.1. The van der Waals surface area contributed by atoms with Crippen LogP contribution in [0.25, 0.3) is 0 Å². The normalized spacial score (nSPS) is 10.4. The molecule has 0 fully saturated rings. The summed E-state index contributed by atoms with van der Waals surface area (Å²) in [6, 6.07) is 6.85. The van der Waals surface area contributed by atoms with Crippen molar-refractivity contribution in [1.29, 1.82) is 0 Å². The van der Waals surface area contributed by atoms with Gasteiger partial charge in [0, 0.05) is 32.5 Å². The van der Waals surface area contributed by atoms with Crippen LogP contribution >= 0.6 is 27.3 Å². The molecule has 0 spiro atoms. The second-order valence-corrected chi connectivity index (χ2v) is 6.01. The van der Waals surface area contributed by atoms with Crippen molar-refractivity contribution in [1.82, 2.24) is 0 Å². The molecule has 2 aromatic rings. The monoisotopic (exact) mass is 329 g/mol. The summed E-state index contributed by atoms with van der Waals surface area (Å²) in [4.78, 5) is 2.48. The molecule has 1 aromatic heterocycles. The van der Waals surface area contributed by atoms with E-state index in [4.69, 9.17) is 4.74 Å². The highest BCUT2D eigenvalue weighted by Gasteiger charge is 2.05. The second-order valence-electron chi connectivity index (χ2n) is 3.82. The van der Waals surface area contributed by atoms with E-state index in [1.54, 1.807) is 23.5 Å². The number of anilines is 1. The molecule has 1 aromatic carbocycles. The molecule has 0 saturated heterocycles.